The average molecular weight is 368 g/mol. The van der Waals surface area contributed by atoms with Crippen molar-refractivity contribution in [1.82, 2.24) is 20.1 Å². The molecule has 1 fully saturated rings. The monoisotopic (exact) mass is 368 g/mol. The lowest BCUT2D eigenvalue weighted by Gasteiger charge is -2.14. The summed E-state index contributed by atoms with van der Waals surface area (Å²) in [6.45, 7) is 1.28. The fourth-order valence-electron chi connectivity index (χ4n) is 2.68. The van der Waals surface area contributed by atoms with Crippen LogP contribution in [0.1, 0.15) is 10.5 Å². The van der Waals surface area contributed by atoms with Crippen LogP contribution in [0, 0.1) is 0 Å². The molecule has 0 aliphatic carbocycles. The molecule has 9 heteroatoms. The van der Waals surface area contributed by atoms with Gasteiger partial charge < -0.3 is 10.6 Å². The molecule has 0 bridgehead atoms. The number of aryl methyl sites for hydroxylation is 1. The van der Waals surface area contributed by atoms with Crippen LogP contribution in [0.15, 0.2) is 42.0 Å². The first-order valence-corrected chi connectivity index (χ1v) is 8.89. The molecule has 26 heavy (non-hydrogen) atoms. The number of hydrogen-bond acceptors (Lipinski definition) is 5. The third kappa shape index (κ3) is 3.16. The van der Waals surface area contributed by atoms with Crippen molar-refractivity contribution >= 4 is 34.6 Å². The smallest absolute Gasteiger partial charge is 0.321 e. The van der Waals surface area contributed by atoms with Gasteiger partial charge in [0.2, 0.25) is 0 Å². The Morgan fingerprint density at radius 2 is 2.12 bits per heavy atom. The highest BCUT2D eigenvalue weighted by Gasteiger charge is 2.21. The fraction of sp³-hybridized carbons (Fsp3) is 0.176. The molecule has 3 heterocycles. The molecule has 0 saturated carbocycles. The SMILES string of the molecule is Cn1cc(-c2nc(C(=O)Nc3ccc(N4CCNC4=O)cc3)cs2)cn1. The first-order chi connectivity index (χ1) is 12.6. The largest absolute Gasteiger partial charge is 0.336 e. The highest BCUT2D eigenvalue weighted by molar-refractivity contribution is 7.13. The number of thiazole rings is 1. The van der Waals surface area contributed by atoms with Crippen molar-refractivity contribution in [2.24, 2.45) is 7.05 Å². The molecule has 132 valence electrons. The zero-order chi connectivity index (χ0) is 18.1. The summed E-state index contributed by atoms with van der Waals surface area (Å²) in [6, 6.07) is 7.05. The van der Waals surface area contributed by atoms with Crippen molar-refractivity contribution in [3.05, 3.63) is 47.7 Å². The Morgan fingerprint density at radius 1 is 1.31 bits per heavy atom. The molecule has 1 saturated heterocycles. The van der Waals surface area contributed by atoms with Crippen molar-refractivity contribution in [2.45, 2.75) is 0 Å². The zero-order valence-electron chi connectivity index (χ0n) is 14.0. The van der Waals surface area contributed by atoms with E-state index < -0.39 is 0 Å². The number of carbonyl (C=O) groups is 2. The van der Waals surface area contributed by atoms with Gasteiger partial charge in [0, 0.05) is 48.7 Å². The number of hydrogen-bond donors (Lipinski definition) is 2. The number of carbonyl (C=O) groups excluding carboxylic acids is 2. The van der Waals surface area contributed by atoms with Gasteiger partial charge in [0.15, 0.2) is 0 Å². The fourth-order valence-corrected chi connectivity index (χ4v) is 3.46. The number of rotatable bonds is 4. The van der Waals surface area contributed by atoms with Gasteiger partial charge in [-0.25, -0.2) is 9.78 Å². The molecule has 3 amide bonds. The molecule has 4 rings (SSSR count). The second-order valence-electron chi connectivity index (χ2n) is 5.83. The van der Waals surface area contributed by atoms with Crippen molar-refractivity contribution in [3.8, 4) is 10.6 Å². The van der Waals surface area contributed by atoms with E-state index in [1.807, 2.05) is 25.4 Å². The van der Waals surface area contributed by atoms with Crippen LogP contribution in [0.25, 0.3) is 10.6 Å². The summed E-state index contributed by atoms with van der Waals surface area (Å²) in [5.74, 6) is -0.275. The molecule has 0 atom stereocenters. The molecule has 0 unspecified atom stereocenters. The van der Waals surface area contributed by atoms with Crippen LogP contribution >= 0.6 is 11.3 Å². The van der Waals surface area contributed by atoms with E-state index in [1.54, 1.807) is 33.3 Å². The Hall–Kier alpha value is -3.20. The van der Waals surface area contributed by atoms with Crippen molar-refractivity contribution < 1.29 is 9.59 Å². The summed E-state index contributed by atoms with van der Waals surface area (Å²) in [4.78, 5) is 30.1. The zero-order valence-corrected chi connectivity index (χ0v) is 14.8. The first-order valence-electron chi connectivity index (χ1n) is 8.01. The Balaban J connectivity index is 1.45. The van der Waals surface area contributed by atoms with Gasteiger partial charge in [0.05, 0.1) is 6.20 Å². The van der Waals surface area contributed by atoms with Crippen LogP contribution in [0.4, 0.5) is 16.2 Å². The van der Waals surface area contributed by atoms with E-state index in [4.69, 9.17) is 0 Å². The molecular weight excluding hydrogens is 352 g/mol. The van der Waals surface area contributed by atoms with Gasteiger partial charge in [0.1, 0.15) is 10.7 Å². The summed E-state index contributed by atoms with van der Waals surface area (Å²) in [6.07, 6.45) is 3.57. The molecule has 2 aromatic heterocycles. The van der Waals surface area contributed by atoms with Gasteiger partial charge in [-0.2, -0.15) is 5.10 Å². The lowest BCUT2D eigenvalue weighted by atomic mass is 10.2. The molecule has 3 aromatic rings. The summed E-state index contributed by atoms with van der Waals surface area (Å²) in [5.41, 5.74) is 2.68. The van der Waals surface area contributed by atoms with Crippen LogP contribution in [0.2, 0.25) is 0 Å². The molecular formula is C17H16N6O2S. The van der Waals surface area contributed by atoms with Crippen LogP contribution in [0.5, 0.6) is 0 Å². The van der Waals surface area contributed by atoms with Crippen LogP contribution < -0.4 is 15.5 Å². The highest BCUT2D eigenvalue weighted by atomic mass is 32.1. The van der Waals surface area contributed by atoms with E-state index in [-0.39, 0.29) is 11.9 Å². The Labute approximate surface area is 153 Å². The summed E-state index contributed by atoms with van der Waals surface area (Å²) < 4.78 is 1.69. The summed E-state index contributed by atoms with van der Waals surface area (Å²) in [5, 5.41) is 12.2. The minimum absolute atomic E-state index is 0.104. The number of benzene rings is 1. The van der Waals surface area contributed by atoms with E-state index in [0.717, 1.165) is 16.3 Å². The number of aromatic nitrogens is 3. The number of anilines is 2. The number of nitrogens with one attached hydrogen (secondary N) is 2. The maximum absolute atomic E-state index is 12.4. The standard InChI is InChI=1S/C17H16N6O2S/c1-22-9-11(8-19-22)16-21-14(10-26-16)15(24)20-12-2-4-13(5-3-12)23-7-6-18-17(23)25/h2-5,8-10H,6-7H2,1H3,(H,18,25)(H,20,24). The molecule has 1 aliphatic rings. The minimum atomic E-state index is -0.275. The maximum Gasteiger partial charge on any atom is 0.321 e. The quantitative estimate of drug-likeness (QED) is 0.739. The predicted octanol–water partition coefficient (Wildman–Crippen LogP) is 2.33. The van der Waals surface area contributed by atoms with E-state index in [9.17, 15) is 9.59 Å². The van der Waals surface area contributed by atoms with Crippen molar-refractivity contribution in [1.29, 1.82) is 0 Å². The van der Waals surface area contributed by atoms with Crippen LogP contribution in [-0.2, 0) is 7.05 Å². The maximum atomic E-state index is 12.4. The van der Waals surface area contributed by atoms with Gasteiger partial charge in [-0.15, -0.1) is 11.3 Å². The Bertz CT molecular complexity index is 962. The van der Waals surface area contributed by atoms with Crippen LogP contribution in [0.3, 0.4) is 0 Å². The van der Waals surface area contributed by atoms with E-state index in [0.29, 0.717) is 24.5 Å². The van der Waals surface area contributed by atoms with Gasteiger partial charge in [-0.05, 0) is 24.3 Å². The molecule has 8 nitrogen and oxygen atoms in total. The second-order valence-corrected chi connectivity index (χ2v) is 6.68. The second kappa shape index (κ2) is 6.60. The lowest BCUT2D eigenvalue weighted by Crippen LogP contribution is -2.27. The number of amides is 3. The van der Waals surface area contributed by atoms with E-state index >= 15 is 0 Å². The predicted molar refractivity (Wildman–Crippen MR) is 99.5 cm³/mol. The highest BCUT2D eigenvalue weighted by Crippen LogP contribution is 2.24. The van der Waals surface area contributed by atoms with E-state index in [2.05, 4.69) is 20.7 Å². The van der Waals surface area contributed by atoms with Gasteiger partial charge in [-0.1, -0.05) is 0 Å². The van der Waals surface area contributed by atoms with Crippen molar-refractivity contribution in [2.75, 3.05) is 23.3 Å². The molecule has 0 spiro atoms. The topological polar surface area (TPSA) is 92.2 Å². The van der Waals surface area contributed by atoms with Gasteiger partial charge in [0.25, 0.3) is 5.91 Å². The normalized spacial score (nSPS) is 13.7. The Kier molecular flexibility index (Phi) is 4.13. The molecule has 0 radical (unpaired) electrons. The third-order valence-electron chi connectivity index (χ3n) is 3.98. The van der Waals surface area contributed by atoms with Gasteiger partial charge in [-0.3, -0.25) is 14.4 Å². The molecule has 1 aliphatic heterocycles. The lowest BCUT2D eigenvalue weighted by molar-refractivity contribution is 0.102. The number of nitrogens with zero attached hydrogens (tertiary/aromatic N) is 4. The average Bonchev–Trinajstić information content (AvgIpc) is 3.36. The van der Waals surface area contributed by atoms with Gasteiger partial charge >= 0.3 is 6.03 Å². The Morgan fingerprint density at radius 3 is 2.77 bits per heavy atom. The molecule has 2 N–H and O–H groups in total. The minimum Gasteiger partial charge on any atom is -0.336 e. The first kappa shape index (κ1) is 16.3. The van der Waals surface area contributed by atoms with E-state index in [1.165, 1.54) is 11.3 Å². The number of urea groups is 1. The third-order valence-corrected chi connectivity index (χ3v) is 4.87. The van der Waals surface area contributed by atoms with Crippen LogP contribution in [-0.4, -0.2) is 39.8 Å². The molecule has 1 aromatic carbocycles. The summed E-state index contributed by atoms with van der Waals surface area (Å²) in [7, 11) is 1.83. The summed E-state index contributed by atoms with van der Waals surface area (Å²) >= 11 is 1.40. The van der Waals surface area contributed by atoms with Crippen molar-refractivity contribution in [3.63, 3.8) is 0 Å².